The van der Waals surface area contributed by atoms with Crippen molar-refractivity contribution in [2.45, 2.75) is 32.3 Å². The Morgan fingerprint density at radius 3 is 2.67 bits per heavy atom. The minimum Gasteiger partial charge on any atom is -0.386 e. The summed E-state index contributed by atoms with van der Waals surface area (Å²) in [6, 6.07) is 0. The first kappa shape index (κ1) is 12.5. The molecule has 1 unspecified atom stereocenters. The monoisotopic (exact) mass is 214 g/mol. The van der Waals surface area contributed by atoms with E-state index >= 15 is 0 Å². The summed E-state index contributed by atoms with van der Waals surface area (Å²) in [4.78, 5) is 13.5. The van der Waals surface area contributed by atoms with E-state index in [1.165, 1.54) is 0 Å². The van der Waals surface area contributed by atoms with Crippen LogP contribution in [0.2, 0.25) is 0 Å². The van der Waals surface area contributed by atoms with Gasteiger partial charge < -0.3 is 15.3 Å². The molecule has 1 aliphatic rings. The molecule has 15 heavy (non-hydrogen) atoms. The van der Waals surface area contributed by atoms with Gasteiger partial charge in [0.05, 0.1) is 18.7 Å². The van der Waals surface area contributed by atoms with Crippen LogP contribution in [-0.4, -0.2) is 48.2 Å². The summed E-state index contributed by atoms with van der Waals surface area (Å²) in [6.45, 7) is 5.67. The van der Waals surface area contributed by atoms with E-state index in [1.807, 2.05) is 20.9 Å². The van der Waals surface area contributed by atoms with E-state index in [2.05, 4.69) is 5.32 Å². The summed E-state index contributed by atoms with van der Waals surface area (Å²) in [7, 11) is 1.84. The minimum absolute atomic E-state index is 0.00109. The zero-order chi connectivity index (χ0) is 11.5. The number of aliphatic hydroxyl groups is 1. The lowest BCUT2D eigenvalue weighted by atomic mass is 9.88. The molecule has 0 aromatic carbocycles. The van der Waals surface area contributed by atoms with Crippen molar-refractivity contribution >= 4 is 5.91 Å². The number of amides is 1. The topological polar surface area (TPSA) is 52.6 Å². The van der Waals surface area contributed by atoms with Crippen molar-refractivity contribution in [3.63, 3.8) is 0 Å². The number of β-amino-alcohol motifs (C(OH)–C–C–N with tert-alkyl or cyclic N) is 1. The van der Waals surface area contributed by atoms with Crippen molar-refractivity contribution in [2.24, 2.45) is 5.92 Å². The molecule has 88 valence electrons. The van der Waals surface area contributed by atoms with Gasteiger partial charge in [0.25, 0.3) is 0 Å². The molecule has 0 radical (unpaired) electrons. The summed E-state index contributed by atoms with van der Waals surface area (Å²) in [6.07, 6.45) is 1.75. The molecule has 2 N–H and O–H groups in total. The second-order valence-corrected chi connectivity index (χ2v) is 4.63. The SMILES string of the molecule is CCCC1(O)CN(C(=O)C(C)CNC)C1. The van der Waals surface area contributed by atoms with E-state index in [1.54, 1.807) is 4.90 Å². The maximum absolute atomic E-state index is 11.8. The van der Waals surface area contributed by atoms with Crippen molar-refractivity contribution in [3.8, 4) is 0 Å². The van der Waals surface area contributed by atoms with Crippen LogP contribution < -0.4 is 5.32 Å². The Morgan fingerprint density at radius 2 is 2.20 bits per heavy atom. The van der Waals surface area contributed by atoms with E-state index in [0.29, 0.717) is 19.6 Å². The molecule has 0 spiro atoms. The van der Waals surface area contributed by atoms with Crippen LogP contribution >= 0.6 is 0 Å². The highest BCUT2D eigenvalue weighted by Crippen LogP contribution is 2.26. The van der Waals surface area contributed by atoms with E-state index in [4.69, 9.17) is 0 Å². The maximum Gasteiger partial charge on any atom is 0.226 e. The Kier molecular flexibility index (Phi) is 4.11. The van der Waals surface area contributed by atoms with E-state index in [9.17, 15) is 9.90 Å². The van der Waals surface area contributed by atoms with Gasteiger partial charge >= 0.3 is 0 Å². The van der Waals surface area contributed by atoms with E-state index < -0.39 is 5.60 Å². The van der Waals surface area contributed by atoms with Crippen molar-refractivity contribution in [3.05, 3.63) is 0 Å². The highest BCUT2D eigenvalue weighted by atomic mass is 16.3. The third-order valence-electron chi connectivity index (χ3n) is 2.93. The van der Waals surface area contributed by atoms with Gasteiger partial charge in [-0.05, 0) is 13.5 Å². The molecule has 0 saturated carbocycles. The lowest BCUT2D eigenvalue weighted by Gasteiger charge is -2.47. The Hall–Kier alpha value is -0.610. The molecule has 1 heterocycles. The van der Waals surface area contributed by atoms with Crippen molar-refractivity contribution < 1.29 is 9.90 Å². The predicted molar refractivity (Wildman–Crippen MR) is 59.5 cm³/mol. The van der Waals surface area contributed by atoms with Crippen LogP contribution in [0.15, 0.2) is 0 Å². The molecule has 4 nitrogen and oxygen atoms in total. The van der Waals surface area contributed by atoms with Crippen LogP contribution in [0.25, 0.3) is 0 Å². The van der Waals surface area contributed by atoms with Crippen molar-refractivity contribution in [1.82, 2.24) is 10.2 Å². The quantitative estimate of drug-likeness (QED) is 0.688. The van der Waals surface area contributed by atoms with Crippen LogP contribution in [0.5, 0.6) is 0 Å². The Morgan fingerprint density at radius 1 is 1.60 bits per heavy atom. The fraction of sp³-hybridized carbons (Fsp3) is 0.909. The number of nitrogens with one attached hydrogen (secondary N) is 1. The fourth-order valence-corrected chi connectivity index (χ4v) is 2.15. The highest BCUT2D eigenvalue weighted by Gasteiger charge is 2.43. The van der Waals surface area contributed by atoms with Crippen LogP contribution in [0.4, 0.5) is 0 Å². The number of nitrogens with zero attached hydrogens (tertiary/aromatic N) is 1. The molecular formula is C11H22N2O2. The van der Waals surface area contributed by atoms with Gasteiger partial charge in [-0.3, -0.25) is 4.79 Å². The number of likely N-dealkylation sites (tertiary alicyclic amines) is 1. The van der Waals surface area contributed by atoms with Gasteiger partial charge in [0.15, 0.2) is 0 Å². The summed E-state index contributed by atoms with van der Waals surface area (Å²) in [5.74, 6) is 0.145. The van der Waals surface area contributed by atoms with Crippen LogP contribution in [-0.2, 0) is 4.79 Å². The zero-order valence-corrected chi connectivity index (χ0v) is 9.92. The van der Waals surface area contributed by atoms with Gasteiger partial charge in [0.1, 0.15) is 0 Å². The lowest BCUT2D eigenvalue weighted by molar-refractivity contribution is -0.160. The lowest BCUT2D eigenvalue weighted by Crippen LogP contribution is -2.64. The average Bonchev–Trinajstić information content (AvgIpc) is 2.13. The highest BCUT2D eigenvalue weighted by molar-refractivity contribution is 5.79. The first-order valence-electron chi connectivity index (χ1n) is 5.68. The maximum atomic E-state index is 11.8. The molecular weight excluding hydrogens is 192 g/mol. The first-order valence-corrected chi connectivity index (χ1v) is 5.68. The Balaban J connectivity index is 2.34. The van der Waals surface area contributed by atoms with Gasteiger partial charge in [-0.25, -0.2) is 0 Å². The molecule has 1 fully saturated rings. The average molecular weight is 214 g/mol. The molecule has 0 bridgehead atoms. The smallest absolute Gasteiger partial charge is 0.226 e. The van der Waals surface area contributed by atoms with Gasteiger partial charge in [-0.2, -0.15) is 0 Å². The number of carbonyl (C=O) groups is 1. The molecule has 0 aromatic heterocycles. The molecule has 0 aliphatic carbocycles. The number of hydrogen-bond donors (Lipinski definition) is 2. The van der Waals surface area contributed by atoms with Crippen molar-refractivity contribution in [1.29, 1.82) is 0 Å². The van der Waals surface area contributed by atoms with E-state index in [0.717, 1.165) is 12.8 Å². The standard InChI is InChI=1S/C11H22N2O2/c1-4-5-11(15)7-13(8-11)10(14)9(2)6-12-3/h9,12,15H,4-8H2,1-3H3. The molecule has 0 aromatic rings. The normalized spacial score (nSPS) is 20.9. The molecule has 1 rings (SSSR count). The Bertz CT molecular complexity index is 225. The molecule has 1 amide bonds. The zero-order valence-electron chi connectivity index (χ0n) is 9.92. The summed E-state index contributed by atoms with van der Waals surface area (Å²) in [5, 5.41) is 12.9. The third kappa shape index (κ3) is 2.92. The molecule has 1 saturated heterocycles. The van der Waals surface area contributed by atoms with Gasteiger partial charge in [0.2, 0.25) is 5.91 Å². The second kappa shape index (κ2) is 4.94. The van der Waals surface area contributed by atoms with Gasteiger partial charge in [-0.15, -0.1) is 0 Å². The van der Waals surface area contributed by atoms with Crippen LogP contribution in [0, 0.1) is 5.92 Å². The van der Waals surface area contributed by atoms with Crippen LogP contribution in [0.3, 0.4) is 0 Å². The summed E-state index contributed by atoms with van der Waals surface area (Å²) < 4.78 is 0. The van der Waals surface area contributed by atoms with Crippen molar-refractivity contribution in [2.75, 3.05) is 26.7 Å². The van der Waals surface area contributed by atoms with E-state index in [-0.39, 0.29) is 11.8 Å². The number of hydrogen-bond acceptors (Lipinski definition) is 3. The fourth-order valence-electron chi connectivity index (χ4n) is 2.15. The van der Waals surface area contributed by atoms with Gasteiger partial charge in [0, 0.05) is 12.5 Å². The number of rotatable bonds is 5. The Labute approximate surface area is 91.6 Å². The van der Waals surface area contributed by atoms with Crippen LogP contribution in [0.1, 0.15) is 26.7 Å². The van der Waals surface area contributed by atoms with Gasteiger partial charge in [-0.1, -0.05) is 20.3 Å². The summed E-state index contributed by atoms with van der Waals surface area (Å²) >= 11 is 0. The number of carbonyl (C=O) groups excluding carboxylic acids is 1. The molecule has 4 heteroatoms. The summed E-state index contributed by atoms with van der Waals surface area (Å²) in [5.41, 5.74) is -0.607. The molecule has 1 atom stereocenters. The third-order valence-corrected chi connectivity index (χ3v) is 2.93. The predicted octanol–water partition coefficient (Wildman–Crippen LogP) is 0.215. The second-order valence-electron chi connectivity index (χ2n) is 4.63. The minimum atomic E-state index is -0.607. The molecule has 1 aliphatic heterocycles. The largest absolute Gasteiger partial charge is 0.386 e. The first-order chi connectivity index (χ1) is 7.02.